The summed E-state index contributed by atoms with van der Waals surface area (Å²) >= 11 is 0. The first-order valence-electron chi connectivity index (χ1n) is 2.12. The number of halogens is 1. The highest BCUT2D eigenvalue weighted by Crippen LogP contribution is 1.68. The molecule has 1 aliphatic heterocycles. The molecule has 1 atom stereocenters. The summed E-state index contributed by atoms with van der Waals surface area (Å²) in [5, 5.41) is 0.697. The van der Waals surface area contributed by atoms with Crippen LogP contribution in [0.2, 0.25) is 0 Å². The van der Waals surface area contributed by atoms with Gasteiger partial charge in [0.1, 0.15) is 6.20 Å². The quantitative estimate of drug-likeness (QED) is 0.286. The predicted molar refractivity (Wildman–Crippen MR) is 26.6 cm³/mol. The Morgan fingerprint density at radius 1 is 1.38 bits per heavy atom. The van der Waals surface area contributed by atoms with Crippen LogP contribution < -0.4 is 40.4 Å². The Labute approximate surface area is 65.2 Å². The van der Waals surface area contributed by atoms with Crippen molar-refractivity contribution in [2.45, 2.75) is 0 Å². The Balaban J connectivity index is 0.000000490. The number of hydrogen-bond acceptors (Lipinski definition) is 2. The zero-order valence-electron chi connectivity index (χ0n) is 4.26. The van der Waals surface area contributed by atoms with Gasteiger partial charge >= 0.3 is 0 Å². The van der Waals surface area contributed by atoms with E-state index >= 15 is 0 Å². The molecule has 0 aliphatic carbocycles. The Morgan fingerprint density at radius 2 is 2.12 bits per heavy atom. The molecule has 1 aliphatic rings. The van der Waals surface area contributed by atoms with E-state index in [1.54, 1.807) is 12.4 Å². The average molecular weight is 225 g/mol. The lowest BCUT2D eigenvalue weighted by Gasteiger charge is -2.06. The summed E-state index contributed by atoms with van der Waals surface area (Å²) in [6, 6.07) is 0. The molecule has 4 N–H and O–H groups in total. The normalized spacial score (nSPS) is 23.9. The van der Waals surface area contributed by atoms with Gasteiger partial charge < -0.3 is 24.0 Å². The molecule has 0 aromatic heterocycles. The molecule has 0 spiro atoms. The zero-order valence-corrected chi connectivity index (χ0v) is 6.42. The Kier molecular flexibility index (Phi) is 3.84. The molecular weight excluding hydrogens is 217 g/mol. The van der Waals surface area contributed by atoms with Crippen molar-refractivity contribution in [3.05, 3.63) is 24.6 Å². The van der Waals surface area contributed by atoms with Crippen molar-refractivity contribution in [2.75, 3.05) is 0 Å². The maximum absolute atomic E-state index is 5.30. The third kappa shape index (κ3) is 2.29. The molecule has 0 saturated carbocycles. The van der Waals surface area contributed by atoms with Crippen molar-refractivity contribution < 1.29 is 29.1 Å². The highest BCUT2D eigenvalue weighted by atomic mass is 127. The highest BCUT2D eigenvalue weighted by molar-refractivity contribution is 4.98. The maximum atomic E-state index is 5.30. The molecule has 4 heteroatoms. The van der Waals surface area contributed by atoms with Crippen LogP contribution in [0.15, 0.2) is 24.6 Å². The molecule has 0 fully saturated rings. The van der Waals surface area contributed by atoms with Crippen molar-refractivity contribution in [3.8, 4) is 0 Å². The first kappa shape index (κ1) is 7.93. The van der Waals surface area contributed by atoms with Gasteiger partial charge in [0.05, 0.1) is 6.20 Å². The molecule has 0 bridgehead atoms. The van der Waals surface area contributed by atoms with E-state index in [4.69, 9.17) is 5.84 Å². The van der Waals surface area contributed by atoms with Crippen LogP contribution in [0.1, 0.15) is 0 Å². The molecule has 8 heavy (non-hydrogen) atoms. The van der Waals surface area contributed by atoms with Crippen LogP contribution in [0, 0.1) is 0 Å². The summed E-state index contributed by atoms with van der Waals surface area (Å²) in [6.07, 6.45) is 7.36. The highest BCUT2D eigenvalue weighted by Gasteiger charge is 1.90. The monoisotopic (exact) mass is 225 g/mol. The van der Waals surface area contributed by atoms with E-state index in [1.807, 2.05) is 12.2 Å². The smallest absolute Gasteiger partial charge is 0.138 e. The van der Waals surface area contributed by atoms with E-state index in [0.29, 0.717) is 5.12 Å². The summed E-state index contributed by atoms with van der Waals surface area (Å²) < 4.78 is 0. The minimum atomic E-state index is 0. The molecule has 1 heterocycles. The van der Waals surface area contributed by atoms with Gasteiger partial charge in [0.15, 0.2) is 0 Å². The second-order valence-corrected chi connectivity index (χ2v) is 1.32. The number of quaternary nitrogens is 1. The number of nitrogens with two attached hydrogens (primary N) is 1. The second kappa shape index (κ2) is 3.88. The average Bonchev–Trinajstić information content (AvgIpc) is 1.69. The fourth-order valence-electron chi connectivity index (χ4n) is 0.407. The number of nitrogens with one attached hydrogen (secondary N) is 2. The molecule has 1 unspecified atom stereocenters. The fourth-order valence-corrected chi connectivity index (χ4v) is 0.407. The Morgan fingerprint density at radius 3 is 2.38 bits per heavy atom. The summed E-state index contributed by atoms with van der Waals surface area (Å²) in [5.41, 5.74) is 2.81. The number of rotatable bonds is 0. The van der Waals surface area contributed by atoms with E-state index in [9.17, 15) is 0 Å². The van der Waals surface area contributed by atoms with Crippen molar-refractivity contribution in [1.29, 1.82) is 0 Å². The first-order chi connectivity index (χ1) is 3.39. The SMILES string of the molecule is N[NH+]1C=CC=CN1.[I-]. The summed E-state index contributed by atoms with van der Waals surface area (Å²) in [5.74, 6) is 5.30. The van der Waals surface area contributed by atoms with E-state index in [1.165, 1.54) is 0 Å². The molecule has 1 rings (SSSR count). The van der Waals surface area contributed by atoms with E-state index in [2.05, 4.69) is 5.43 Å². The van der Waals surface area contributed by atoms with Crippen molar-refractivity contribution in [3.63, 3.8) is 0 Å². The van der Waals surface area contributed by atoms with Gasteiger partial charge in [-0.2, -0.15) is 5.84 Å². The lowest BCUT2D eigenvalue weighted by Crippen LogP contribution is -3.19. The minimum Gasteiger partial charge on any atom is -1.00 e. The molecule has 0 aromatic carbocycles. The van der Waals surface area contributed by atoms with Gasteiger partial charge in [0.25, 0.3) is 0 Å². The third-order valence-corrected chi connectivity index (χ3v) is 0.733. The van der Waals surface area contributed by atoms with Crippen LogP contribution in [0.25, 0.3) is 0 Å². The van der Waals surface area contributed by atoms with E-state index < -0.39 is 0 Å². The second-order valence-electron chi connectivity index (χ2n) is 1.32. The number of allylic oxidation sites excluding steroid dienone is 2. The molecule has 0 aromatic rings. The topological polar surface area (TPSA) is 42.5 Å². The predicted octanol–water partition coefficient (Wildman–Crippen LogP) is -4.71. The third-order valence-electron chi connectivity index (χ3n) is 0.733. The molecular formula is C4H8IN3. The van der Waals surface area contributed by atoms with Gasteiger partial charge in [0.2, 0.25) is 0 Å². The van der Waals surface area contributed by atoms with E-state index in [0.717, 1.165) is 0 Å². The lowest BCUT2D eigenvalue weighted by atomic mass is 10.5. The largest absolute Gasteiger partial charge is 1.00 e. The lowest BCUT2D eigenvalue weighted by molar-refractivity contribution is -0.901. The van der Waals surface area contributed by atoms with Crippen LogP contribution in [0.3, 0.4) is 0 Å². The summed E-state index contributed by atoms with van der Waals surface area (Å²) in [7, 11) is 0. The first-order valence-corrected chi connectivity index (χ1v) is 2.12. The Hall–Kier alpha value is -0.0700. The van der Waals surface area contributed by atoms with Crippen molar-refractivity contribution in [1.82, 2.24) is 5.43 Å². The molecule has 46 valence electrons. The molecule has 3 nitrogen and oxygen atoms in total. The van der Waals surface area contributed by atoms with Gasteiger partial charge in [-0.25, -0.2) is 5.43 Å². The van der Waals surface area contributed by atoms with Gasteiger partial charge in [-0.3, -0.25) is 0 Å². The zero-order chi connectivity index (χ0) is 5.11. The van der Waals surface area contributed by atoms with Crippen molar-refractivity contribution in [2.24, 2.45) is 5.84 Å². The van der Waals surface area contributed by atoms with Gasteiger partial charge in [-0.05, 0) is 12.2 Å². The molecule has 0 radical (unpaired) electrons. The van der Waals surface area contributed by atoms with Crippen LogP contribution in [-0.4, -0.2) is 0 Å². The van der Waals surface area contributed by atoms with Gasteiger partial charge in [-0.1, -0.05) is 0 Å². The van der Waals surface area contributed by atoms with Crippen molar-refractivity contribution >= 4 is 0 Å². The van der Waals surface area contributed by atoms with E-state index in [-0.39, 0.29) is 24.0 Å². The van der Waals surface area contributed by atoms with Crippen LogP contribution in [0.4, 0.5) is 0 Å². The summed E-state index contributed by atoms with van der Waals surface area (Å²) in [4.78, 5) is 0. The maximum Gasteiger partial charge on any atom is 0.138 e. The summed E-state index contributed by atoms with van der Waals surface area (Å²) in [6.45, 7) is 0. The standard InChI is InChI=1S/C4H7N3.HI/c5-7-4-2-1-3-6-7;/h1-4,6H,5H2;1H. The van der Waals surface area contributed by atoms with Gasteiger partial charge in [0, 0.05) is 0 Å². The molecule has 0 amide bonds. The van der Waals surface area contributed by atoms with Crippen LogP contribution in [0.5, 0.6) is 0 Å². The van der Waals surface area contributed by atoms with Crippen LogP contribution >= 0.6 is 0 Å². The Bertz CT molecular complexity index is 110. The van der Waals surface area contributed by atoms with Gasteiger partial charge in [-0.15, -0.1) is 5.12 Å². The number of hydrogen-bond donors (Lipinski definition) is 3. The van der Waals surface area contributed by atoms with Crippen LogP contribution in [-0.2, 0) is 0 Å². The minimum absolute atomic E-state index is 0. The molecule has 0 saturated heterocycles. The fraction of sp³-hybridized carbons (Fsp3) is 0.